The maximum absolute atomic E-state index is 11.1. The van der Waals surface area contributed by atoms with E-state index in [0.29, 0.717) is 17.7 Å². The highest BCUT2D eigenvalue weighted by molar-refractivity contribution is 6.30. The molecule has 110 valence electrons. The molecule has 0 heterocycles. The minimum Gasteiger partial charge on any atom is -0.493 e. The minimum atomic E-state index is -0.757. The van der Waals surface area contributed by atoms with Crippen LogP contribution in [-0.2, 0) is 4.79 Å². The van der Waals surface area contributed by atoms with Gasteiger partial charge in [0.1, 0.15) is 11.8 Å². The molecular formula is C15H20ClNO3. The van der Waals surface area contributed by atoms with Gasteiger partial charge in [-0.25, -0.2) is 0 Å². The number of nitrogens with zero attached hydrogens (tertiary/aromatic N) is 1. The quantitative estimate of drug-likeness (QED) is 0.749. The van der Waals surface area contributed by atoms with Crippen molar-refractivity contribution in [2.24, 2.45) is 0 Å². The van der Waals surface area contributed by atoms with Gasteiger partial charge in [0.25, 0.3) is 0 Å². The van der Waals surface area contributed by atoms with Crippen LogP contribution in [0, 0.1) is 0 Å². The average molecular weight is 298 g/mol. The van der Waals surface area contributed by atoms with Crippen LogP contribution >= 0.6 is 11.6 Å². The van der Waals surface area contributed by atoms with Gasteiger partial charge in [0.15, 0.2) is 0 Å². The van der Waals surface area contributed by atoms with Gasteiger partial charge >= 0.3 is 5.97 Å². The van der Waals surface area contributed by atoms with Crippen molar-refractivity contribution in [2.45, 2.75) is 38.3 Å². The molecule has 5 heteroatoms. The molecule has 0 spiro atoms. The highest BCUT2D eigenvalue weighted by Gasteiger charge is 2.34. The second-order valence-electron chi connectivity index (χ2n) is 5.14. The lowest BCUT2D eigenvalue weighted by molar-refractivity contribution is -0.142. The predicted molar refractivity (Wildman–Crippen MR) is 78.4 cm³/mol. The molecule has 1 aromatic rings. The molecule has 1 aromatic carbocycles. The van der Waals surface area contributed by atoms with E-state index < -0.39 is 12.0 Å². The summed E-state index contributed by atoms with van der Waals surface area (Å²) in [7, 11) is 0. The normalized spacial score (nSPS) is 16.1. The number of aliphatic carboxylic acids is 1. The molecule has 2 rings (SSSR count). The summed E-state index contributed by atoms with van der Waals surface area (Å²) in [5, 5.41) is 9.76. The van der Waals surface area contributed by atoms with E-state index in [-0.39, 0.29) is 0 Å². The van der Waals surface area contributed by atoms with E-state index in [9.17, 15) is 4.79 Å². The van der Waals surface area contributed by atoms with Crippen molar-refractivity contribution in [1.82, 2.24) is 4.90 Å². The average Bonchev–Trinajstić information content (AvgIpc) is 3.22. The minimum absolute atomic E-state index is 0.423. The first-order valence-electron chi connectivity index (χ1n) is 6.95. The van der Waals surface area contributed by atoms with Crippen molar-refractivity contribution in [3.63, 3.8) is 0 Å². The second kappa shape index (κ2) is 6.95. The monoisotopic (exact) mass is 297 g/mol. The van der Waals surface area contributed by atoms with Gasteiger partial charge in [-0.05, 0) is 44.4 Å². The Morgan fingerprint density at radius 1 is 1.55 bits per heavy atom. The van der Waals surface area contributed by atoms with E-state index in [2.05, 4.69) is 4.90 Å². The lowest BCUT2D eigenvalue weighted by Crippen LogP contribution is -2.41. The number of carbonyl (C=O) groups is 1. The first-order valence-corrected chi connectivity index (χ1v) is 7.32. The zero-order valence-electron chi connectivity index (χ0n) is 11.6. The van der Waals surface area contributed by atoms with Crippen LogP contribution in [0.15, 0.2) is 24.3 Å². The van der Waals surface area contributed by atoms with Crippen LogP contribution in [0.1, 0.15) is 26.2 Å². The lowest BCUT2D eigenvalue weighted by atomic mass is 10.2. The van der Waals surface area contributed by atoms with E-state index >= 15 is 0 Å². The van der Waals surface area contributed by atoms with Crippen molar-refractivity contribution in [2.75, 3.05) is 13.2 Å². The summed E-state index contributed by atoms with van der Waals surface area (Å²) in [5.41, 5.74) is 0. The molecule has 20 heavy (non-hydrogen) atoms. The molecule has 0 bridgehead atoms. The summed E-state index contributed by atoms with van der Waals surface area (Å²) in [5.74, 6) is -0.00517. The van der Waals surface area contributed by atoms with Gasteiger partial charge in [-0.2, -0.15) is 0 Å². The molecule has 1 atom stereocenters. The molecular weight excluding hydrogens is 278 g/mol. The summed E-state index contributed by atoms with van der Waals surface area (Å²) in [4.78, 5) is 13.1. The SMILES string of the molecule is CC(C(=O)O)N(CCCOc1cccc(Cl)c1)C1CC1. The number of carboxylic acid groups (broad SMARTS) is 1. The Kier molecular flexibility index (Phi) is 5.26. The first kappa shape index (κ1) is 15.1. The Bertz CT molecular complexity index is 462. The highest BCUT2D eigenvalue weighted by atomic mass is 35.5. The van der Waals surface area contributed by atoms with E-state index in [1.54, 1.807) is 19.1 Å². The van der Waals surface area contributed by atoms with Crippen molar-refractivity contribution in [1.29, 1.82) is 0 Å². The van der Waals surface area contributed by atoms with Crippen LogP contribution in [0.5, 0.6) is 5.75 Å². The molecule has 0 aromatic heterocycles. The maximum atomic E-state index is 11.1. The van der Waals surface area contributed by atoms with E-state index in [0.717, 1.165) is 31.6 Å². The summed E-state index contributed by atoms with van der Waals surface area (Å²) in [6.07, 6.45) is 3.01. The number of ether oxygens (including phenoxy) is 1. The van der Waals surface area contributed by atoms with Crippen LogP contribution in [0.3, 0.4) is 0 Å². The third-order valence-electron chi connectivity index (χ3n) is 3.50. The van der Waals surface area contributed by atoms with E-state index in [1.165, 1.54) is 0 Å². The summed E-state index contributed by atoms with van der Waals surface area (Å²) >= 11 is 5.88. The van der Waals surface area contributed by atoms with Crippen molar-refractivity contribution in [3.05, 3.63) is 29.3 Å². The largest absolute Gasteiger partial charge is 0.493 e. The Labute approximate surface area is 124 Å². The highest BCUT2D eigenvalue weighted by Crippen LogP contribution is 2.28. The van der Waals surface area contributed by atoms with Gasteiger partial charge in [-0.3, -0.25) is 9.69 Å². The number of hydrogen-bond acceptors (Lipinski definition) is 3. The van der Waals surface area contributed by atoms with Crippen LogP contribution in [-0.4, -0.2) is 41.2 Å². The van der Waals surface area contributed by atoms with Gasteiger partial charge < -0.3 is 9.84 Å². The molecule has 0 saturated heterocycles. The van der Waals surface area contributed by atoms with Crippen LogP contribution in [0.2, 0.25) is 5.02 Å². The maximum Gasteiger partial charge on any atom is 0.320 e. The lowest BCUT2D eigenvalue weighted by Gasteiger charge is -2.25. The molecule has 1 fully saturated rings. The second-order valence-corrected chi connectivity index (χ2v) is 5.58. The van der Waals surface area contributed by atoms with Crippen LogP contribution < -0.4 is 4.74 Å². The molecule has 4 nitrogen and oxygen atoms in total. The Hall–Kier alpha value is -1.26. The molecule has 1 unspecified atom stereocenters. The van der Waals surface area contributed by atoms with E-state index in [4.69, 9.17) is 21.4 Å². The smallest absolute Gasteiger partial charge is 0.320 e. The summed E-state index contributed by atoms with van der Waals surface area (Å²) in [6, 6.07) is 7.31. The Morgan fingerprint density at radius 2 is 2.30 bits per heavy atom. The first-order chi connectivity index (χ1) is 9.58. The molecule has 1 aliphatic carbocycles. The topological polar surface area (TPSA) is 49.8 Å². The zero-order valence-corrected chi connectivity index (χ0v) is 12.3. The number of rotatable bonds is 8. The van der Waals surface area contributed by atoms with Crippen LogP contribution in [0.4, 0.5) is 0 Å². The summed E-state index contributed by atoms with van der Waals surface area (Å²) in [6.45, 7) is 3.06. The van der Waals surface area contributed by atoms with Gasteiger partial charge in [0.05, 0.1) is 6.61 Å². The Balaban J connectivity index is 1.75. The van der Waals surface area contributed by atoms with Crippen molar-refractivity contribution in [3.8, 4) is 5.75 Å². The van der Waals surface area contributed by atoms with Gasteiger partial charge in [-0.15, -0.1) is 0 Å². The third kappa shape index (κ3) is 4.39. The predicted octanol–water partition coefficient (Wildman–Crippen LogP) is 3.05. The van der Waals surface area contributed by atoms with Crippen molar-refractivity contribution < 1.29 is 14.6 Å². The van der Waals surface area contributed by atoms with Crippen LogP contribution in [0.25, 0.3) is 0 Å². The van der Waals surface area contributed by atoms with Crippen molar-refractivity contribution >= 4 is 17.6 Å². The fraction of sp³-hybridized carbons (Fsp3) is 0.533. The number of carboxylic acids is 1. The van der Waals surface area contributed by atoms with Gasteiger partial charge in [0.2, 0.25) is 0 Å². The van der Waals surface area contributed by atoms with E-state index in [1.807, 2.05) is 12.1 Å². The fourth-order valence-corrected chi connectivity index (χ4v) is 2.41. The number of halogens is 1. The Morgan fingerprint density at radius 3 is 2.90 bits per heavy atom. The third-order valence-corrected chi connectivity index (χ3v) is 3.73. The summed E-state index contributed by atoms with van der Waals surface area (Å²) < 4.78 is 5.62. The van der Waals surface area contributed by atoms with Gasteiger partial charge in [0, 0.05) is 17.6 Å². The molecule has 1 N–H and O–H groups in total. The number of benzene rings is 1. The number of hydrogen-bond donors (Lipinski definition) is 1. The molecule has 1 saturated carbocycles. The molecule has 1 aliphatic rings. The molecule has 0 radical (unpaired) electrons. The fourth-order valence-electron chi connectivity index (χ4n) is 2.23. The standard InChI is InChI=1S/C15H20ClNO3/c1-11(15(18)19)17(13-6-7-13)8-3-9-20-14-5-2-4-12(16)10-14/h2,4-5,10-11,13H,3,6-9H2,1H3,(H,18,19). The molecule has 0 aliphatic heterocycles. The molecule has 0 amide bonds. The van der Waals surface area contributed by atoms with Gasteiger partial charge in [-0.1, -0.05) is 17.7 Å². The zero-order chi connectivity index (χ0) is 14.5.